The zero-order valence-electron chi connectivity index (χ0n) is 13.8. The summed E-state index contributed by atoms with van der Waals surface area (Å²) in [5, 5.41) is 3.62. The first kappa shape index (κ1) is 18.1. The van der Waals surface area contributed by atoms with Gasteiger partial charge in [-0.25, -0.2) is 0 Å². The van der Waals surface area contributed by atoms with E-state index in [9.17, 15) is 8.42 Å². The Kier molecular flexibility index (Phi) is 5.28. The van der Waals surface area contributed by atoms with E-state index < -0.39 is 40.8 Å². The van der Waals surface area contributed by atoms with Crippen LogP contribution in [0, 0.1) is 0 Å². The summed E-state index contributed by atoms with van der Waals surface area (Å²) in [5.74, 6) is 0. The molecule has 2 aliphatic heterocycles. The van der Waals surface area contributed by atoms with E-state index in [1.807, 2.05) is 30.3 Å². The van der Waals surface area contributed by atoms with Crippen LogP contribution in [0.25, 0.3) is 10.4 Å². The number of rotatable bonds is 5. The Labute approximate surface area is 145 Å². The van der Waals surface area contributed by atoms with Crippen molar-refractivity contribution in [2.45, 2.75) is 43.2 Å². The number of azide groups is 1. The molecule has 2 aliphatic rings. The van der Waals surface area contributed by atoms with E-state index in [0.29, 0.717) is 6.42 Å². The third kappa shape index (κ3) is 3.95. The summed E-state index contributed by atoms with van der Waals surface area (Å²) in [6.45, 7) is 0. The number of fused-ring (bicyclic) bond motifs is 1. The van der Waals surface area contributed by atoms with Crippen molar-refractivity contribution in [3.63, 3.8) is 0 Å². The van der Waals surface area contributed by atoms with Gasteiger partial charge < -0.3 is 14.2 Å². The lowest BCUT2D eigenvalue weighted by Crippen LogP contribution is -2.57. The largest absolute Gasteiger partial charge is 0.365 e. The van der Waals surface area contributed by atoms with Crippen molar-refractivity contribution in [3.05, 3.63) is 46.3 Å². The number of methoxy groups -OCH3 is 1. The Morgan fingerprint density at radius 3 is 2.60 bits per heavy atom. The smallest absolute Gasteiger partial charge is 0.264 e. The average Bonchev–Trinajstić information content (AvgIpc) is 3.00. The van der Waals surface area contributed by atoms with E-state index in [0.717, 1.165) is 11.8 Å². The van der Waals surface area contributed by atoms with E-state index in [1.54, 1.807) is 0 Å². The van der Waals surface area contributed by atoms with Crippen LogP contribution >= 0.6 is 0 Å². The van der Waals surface area contributed by atoms with Gasteiger partial charge in [0.15, 0.2) is 6.29 Å². The maximum atomic E-state index is 11.7. The fourth-order valence-electron chi connectivity index (χ4n) is 3.27. The van der Waals surface area contributed by atoms with Crippen molar-refractivity contribution < 1.29 is 26.8 Å². The Balaban J connectivity index is 1.91. The minimum atomic E-state index is -3.80. The van der Waals surface area contributed by atoms with Crippen LogP contribution in [0.2, 0.25) is 0 Å². The molecule has 25 heavy (non-hydrogen) atoms. The van der Waals surface area contributed by atoms with Gasteiger partial charge in [-0.15, -0.1) is 0 Å². The first-order valence-corrected chi connectivity index (χ1v) is 9.55. The van der Waals surface area contributed by atoms with Gasteiger partial charge >= 0.3 is 0 Å². The van der Waals surface area contributed by atoms with E-state index in [4.69, 9.17) is 23.9 Å². The molecule has 0 aromatic heterocycles. The topological polar surface area (TPSA) is 120 Å². The second kappa shape index (κ2) is 7.28. The van der Waals surface area contributed by atoms with E-state index in [1.165, 1.54) is 7.11 Å². The number of nitrogens with zero attached hydrogens (tertiary/aromatic N) is 3. The number of hydrogen-bond acceptors (Lipinski definition) is 7. The van der Waals surface area contributed by atoms with Crippen LogP contribution in [0.15, 0.2) is 35.4 Å². The van der Waals surface area contributed by atoms with Crippen LogP contribution in [0.1, 0.15) is 18.1 Å². The minimum Gasteiger partial charge on any atom is -0.365 e. The van der Waals surface area contributed by atoms with E-state index in [-0.39, 0.29) is 6.10 Å². The summed E-state index contributed by atoms with van der Waals surface area (Å²) in [6, 6.07) is 8.55. The molecular weight excluding hydrogens is 350 g/mol. The molecule has 2 heterocycles. The average molecular weight is 369 g/mol. The van der Waals surface area contributed by atoms with Crippen LogP contribution in [-0.4, -0.2) is 52.4 Å². The van der Waals surface area contributed by atoms with Gasteiger partial charge in [0.25, 0.3) is 10.1 Å². The molecule has 0 bridgehead atoms. The molecular formula is C15H19N3O6S. The molecule has 1 aromatic carbocycles. The molecule has 0 aliphatic carbocycles. The highest BCUT2D eigenvalue weighted by atomic mass is 32.2. The molecule has 4 unspecified atom stereocenters. The molecule has 2 fully saturated rings. The molecule has 0 saturated carbocycles. The van der Waals surface area contributed by atoms with Gasteiger partial charge in [-0.2, -0.15) is 8.42 Å². The molecule has 3 rings (SSSR count). The highest BCUT2D eigenvalue weighted by Crippen LogP contribution is 2.42. The summed E-state index contributed by atoms with van der Waals surface area (Å²) in [6.07, 6.45) is -1.89. The maximum absolute atomic E-state index is 11.7. The lowest BCUT2D eigenvalue weighted by molar-refractivity contribution is -0.234. The van der Waals surface area contributed by atoms with Crippen molar-refractivity contribution in [1.29, 1.82) is 0 Å². The van der Waals surface area contributed by atoms with Crippen LogP contribution in [0.5, 0.6) is 0 Å². The van der Waals surface area contributed by atoms with Gasteiger partial charge in [0.05, 0.1) is 18.5 Å². The van der Waals surface area contributed by atoms with Gasteiger partial charge in [0.1, 0.15) is 18.2 Å². The number of ether oxygens (including phenoxy) is 3. The lowest BCUT2D eigenvalue weighted by Gasteiger charge is -2.40. The standard InChI is InChI=1S/C15H19N3O6S/c1-21-15-12(17-18-16)14(24-25(2,19)20)13-11(23-15)8-10(22-13)9-6-4-3-5-7-9/h3-7,10-15H,8H2,1-2H3/t10?,11?,12?,13-,14+,15?/m0/s1. The minimum absolute atomic E-state index is 0.274. The maximum Gasteiger partial charge on any atom is 0.264 e. The molecule has 2 saturated heterocycles. The third-order valence-electron chi connectivity index (χ3n) is 4.26. The fourth-order valence-corrected chi connectivity index (χ4v) is 3.90. The first-order valence-electron chi connectivity index (χ1n) is 7.74. The quantitative estimate of drug-likeness (QED) is 0.338. The Morgan fingerprint density at radius 1 is 1.28 bits per heavy atom. The SMILES string of the molecule is COC1OC2CC(c3ccccc3)O[C@@H]2[C@H](OS(C)(=O)=O)C1N=[N+]=[N-]. The lowest BCUT2D eigenvalue weighted by atomic mass is 9.96. The second-order valence-electron chi connectivity index (χ2n) is 5.97. The van der Waals surface area contributed by atoms with Crippen molar-refractivity contribution in [1.82, 2.24) is 0 Å². The predicted molar refractivity (Wildman–Crippen MR) is 87.0 cm³/mol. The number of benzene rings is 1. The van der Waals surface area contributed by atoms with Gasteiger partial charge in [0.2, 0.25) is 0 Å². The zero-order valence-corrected chi connectivity index (χ0v) is 14.6. The summed E-state index contributed by atoms with van der Waals surface area (Å²) < 4.78 is 45.7. The van der Waals surface area contributed by atoms with Gasteiger partial charge in [-0.05, 0) is 11.1 Å². The summed E-state index contributed by atoms with van der Waals surface area (Å²) >= 11 is 0. The highest BCUT2D eigenvalue weighted by Gasteiger charge is 2.53. The Hall–Kier alpha value is -1.68. The summed E-state index contributed by atoms with van der Waals surface area (Å²) in [7, 11) is -2.41. The molecule has 1 aromatic rings. The Bertz CT molecular complexity index is 752. The molecule has 10 heteroatoms. The zero-order chi connectivity index (χ0) is 18.0. The van der Waals surface area contributed by atoms with E-state index >= 15 is 0 Å². The van der Waals surface area contributed by atoms with Crippen molar-refractivity contribution >= 4 is 10.1 Å². The van der Waals surface area contributed by atoms with E-state index in [2.05, 4.69) is 10.0 Å². The van der Waals surface area contributed by atoms with Gasteiger partial charge in [-0.3, -0.25) is 4.18 Å². The molecule has 6 atom stereocenters. The Morgan fingerprint density at radius 2 is 2.00 bits per heavy atom. The molecule has 0 spiro atoms. The molecule has 136 valence electrons. The normalized spacial score (nSPS) is 35.0. The van der Waals surface area contributed by atoms with Crippen LogP contribution in [0.4, 0.5) is 0 Å². The van der Waals surface area contributed by atoms with Crippen molar-refractivity contribution in [2.24, 2.45) is 5.11 Å². The number of hydrogen-bond donors (Lipinski definition) is 0. The molecule has 0 amide bonds. The third-order valence-corrected chi connectivity index (χ3v) is 4.83. The van der Waals surface area contributed by atoms with Gasteiger partial charge in [0, 0.05) is 18.4 Å². The van der Waals surface area contributed by atoms with Gasteiger partial charge in [-0.1, -0.05) is 35.4 Å². The van der Waals surface area contributed by atoms with Crippen molar-refractivity contribution in [2.75, 3.05) is 13.4 Å². The van der Waals surface area contributed by atoms with Crippen LogP contribution < -0.4 is 0 Å². The summed E-state index contributed by atoms with van der Waals surface area (Å²) in [5.41, 5.74) is 9.77. The highest BCUT2D eigenvalue weighted by molar-refractivity contribution is 7.86. The first-order chi connectivity index (χ1) is 11.9. The molecule has 0 N–H and O–H groups in total. The van der Waals surface area contributed by atoms with Crippen LogP contribution in [-0.2, 0) is 28.5 Å². The second-order valence-corrected chi connectivity index (χ2v) is 7.58. The van der Waals surface area contributed by atoms with Crippen molar-refractivity contribution in [3.8, 4) is 0 Å². The molecule has 9 nitrogen and oxygen atoms in total. The van der Waals surface area contributed by atoms with Crippen LogP contribution in [0.3, 0.4) is 0 Å². The molecule has 0 radical (unpaired) electrons. The predicted octanol–water partition coefficient (Wildman–Crippen LogP) is 1.91. The fraction of sp³-hybridized carbons (Fsp3) is 0.600. The monoisotopic (exact) mass is 369 g/mol. The summed E-state index contributed by atoms with van der Waals surface area (Å²) in [4.78, 5) is 2.76.